The second-order valence-electron chi connectivity index (χ2n) is 2.96. The summed E-state index contributed by atoms with van der Waals surface area (Å²) in [6.45, 7) is 0. The summed E-state index contributed by atoms with van der Waals surface area (Å²) >= 11 is 0. The third kappa shape index (κ3) is 1.87. The number of benzene rings is 1. The van der Waals surface area contributed by atoms with Crippen LogP contribution in [0.1, 0.15) is 10.4 Å². The van der Waals surface area contributed by atoms with Crippen LogP contribution < -0.4 is 5.48 Å². The summed E-state index contributed by atoms with van der Waals surface area (Å²) in [6.07, 6.45) is 5.15. The van der Waals surface area contributed by atoms with E-state index in [-0.39, 0.29) is 0 Å². The summed E-state index contributed by atoms with van der Waals surface area (Å²) < 4.78 is 1.82. The summed E-state index contributed by atoms with van der Waals surface area (Å²) in [6, 6.07) is 6.79. The maximum Gasteiger partial charge on any atom is 0.274 e. The van der Waals surface area contributed by atoms with Crippen molar-refractivity contribution in [1.82, 2.24) is 15.0 Å². The molecule has 76 valence electrons. The Morgan fingerprint density at radius 3 is 2.60 bits per heavy atom. The first-order chi connectivity index (χ1) is 7.31. The van der Waals surface area contributed by atoms with Gasteiger partial charge in [0.2, 0.25) is 0 Å². The van der Waals surface area contributed by atoms with Gasteiger partial charge < -0.3 is 4.57 Å². The molecule has 0 aliphatic heterocycles. The molecule has 2 aromatic rings. The molecule has 15 heavy (non-hydrogen) atoms. The third-order valence-corrected chi connectivity index (χ3v) is 2.03. The van der Waals surface area contributed by atoms with Gasteiger partial charge in [0.1, 0.15) is 0 Å². The molecule has 1 aromatic heterocycles. The highest BCUT2D eigenvalue weighted by atomic mass is 16.5. The zero-order chi connectivity index (χ0) is 10.7. The molecule has 0 aliphatic rings. The van der Waals surface area contributed by atoms with E-state index < -0.39 is 5.91 Å². The van der Waals surface area contributed by atoms with E-state index in [9.17, 15) is 4.79 Å². The maximum absolute atomic E-state index is 11.0. The van der Waals surface area contributed by atoms with Gasteiger partial charge in [-0.3, -0.25) is 10.0 Å². The Morgan fingerprint density at radius 1 is 1.33 bits per heavy atom. The molecule has 1 amide bonds. The van der Waals surface area contributed by atoms with E-state index in [1.165, 1.54) is 0 Å². The molecule has 0 bridgehead atoms. The van der Waals surface area contributed by atoms with Crippen molar-refractivity contribution in [2.45, 2.75) is 0 Å². The Hall–Kier alpha value is -2.14. The van der Waals surface area contributed by atoms with Gasteiger partial charge in [-0.1, -0.05) is 0 Å². The Morgan fingerprint density at radius 2 is 2.07 bits per heavy atom. The van der Waals surface area contributed by atoms with Gasteiger partial charge in [-0.15, -0.1) is 0 Å². The molecule has 5 nitrogen and oxygen atoms in total. The van der Waals surface area contributed by atoms with E-state index in [0.717, 1.165) is 5.69 Å². The minimum absolute atomic E-state index is 0.404. The molecule has 2 rings (SSSR count). The quantitative estimate of drug-likeness (QED) is 0.565. The topological polar surface area (TPSA) is 67.2 Å². The number of carbonyl (C=O) groups excluding carboxylic acids is 1. The third-order valence-electron chi connectivity index (χ3n) is 2.03. The molecule has 0 saturated carbocycles. The molecule has 0 unspecified atom stereocenters. The van der Waals surface area contributed by atoms with Crippen LogP contribution in [-0.4, -0.2) is 20.7 Å². The predicted octanol–water partition coefficient (Wildman–Crippen LogP) is 0.991. The fourth-order valence-electron chi connectivity index (χ4n) is 1.26. The SMILES string of the molecule is O=C(NO)c1ccc(-n2ccnc2)cc1. The first kappa shape index (κ1) is 9.42. The van der Waals surface area contributed by atoms with Gasteiger partial charge in [-0.05, 0) is 24.3 Å². The van der Waals surface area contributed by atoms with Crippen LogP contribution in [0.3, 0.4) is 0 Å². The van der Waals surface area contributed by atoms with Crippen molar-refractivity contribution in [3.63, 3.8) is 0 Å². The molecule has 0 atom stereocenters. The number of hydrogen-bond acceptors (Lipinski definition) is 3. The molecular formula is C10H9N3O2. The van der Waals surface area contributed by atoms with E-state index in [1.807, 2.05) is 4.57 Å². The lowest BCUT2D eigenvalue weighted by Gasteiger charge is -2.03. The van der Waals surface area contributed by atoms with E-state index >= 15 is 0 Å². The lowest BCUT2D eigenvalue weighted by molar-refractivity contribution is 0.0706. The van der Waals surface area contributed by atoms with E-state index in [0.29, 0.717) is 5.56 Å². The van der Waals surface area contributed by atoms with Gasteiger partial charge in [0.25, 0.3) is 5.91 Å². The molecule has 0 fully saturated rings. The van der Waals surface area contributed by atoms with Crippen LogP contribution in [0.5, 0.6) is 0 Å². The number of rotatable bonds is 2. The maximum atomic E-state index is 11.0. The fraction of sp³-hybridized carbons (Fsp3) is 0. The highest BCUT2D eigenvalue weighted by Gasteiger charge is 2.03. The standard InChI is InChI=1S/C10H9N3O2/c14-10(12-15)8-1-3-9(4-2-8)13-6-5-11-7-13/h1-7,15H,(H,12,14). The molecule has 2 N–H and O–H groups in total. The van der Waals surface area contributed by atoms with E-state index in [1.54, 1.807) is 48.5 Å². The number of carbonyl (C=O) groups is 1. The average molecular weight is 203 g/mol. The van der Waals surface area contributed by atoms with Crippen molar-refractivity contribution in [3.05, 3.63) is 48.5 Å². The lowest BCUT2D eigenvalue weighted by Crippen LogP contribution is -2.18. The second kappa shape index (κ2) is 3.93. The molecular weight excluding hydrogens is 194 g/mol. The monoisotopic (exact) mass is 203 g/mol. The Bertz CT molecular complexity index is 448. The van der Waals surface area contributed by atoms with Gasteiger partial charge >= 0.3 is 0 Å². The van der Waals surface area contributed by atoms with Crippen LogP contribution in [0.25, 0.3) is 5.69 Å². The first-order valence-electron chi connectivity index (χ1n) is 4.34. The highest BCUT2D eigenvalue weighted by molar-refractivity contribution is 5.93. The highest BCUT2D eigenvalue weighted by Crippen LogP contribution is 2.08. The van der Waals surface area contributed by atoms with Crippen LogP contribution in [0, 0.1) is 0 Å². The molecule has 0 radical (unpaired) electrons. The summed E-state index contributed by atoms with van der Waals surface area (Å²) in [5.41, 5.74) is 2.89. The van der Waals surface area contributed by atoms with Crippen molar-refractivity contribution in [1.29, 1.82) is 0 Å². The number of hydrogen-bond donors (Lipinski definition) is 2. The van der Waals surface area contributed by atoms with Gasteiger partial charge in [0.05, 0.1) is 6.33 Å². The van der Waals surface area contributed by atoms with Crippen molar-refractivity contribution in [2.75, 3.05) is 0 Å². The van der Waals surface area contributed by atoms with Gasteiger partial charge in [0, 0.05) is 23.6 Å². The van der Waals surface area contributed by atoms with Crippen LogP contribution >= 0.6 is 0 Å². The summed E-state index contributed by atoms with van der Waals surface area (Å²) in [5.74, 6) is -0.521. The Kier molecular flexibility index (Phi) is 2.47. The summed E-state index contributed by atoms with van der Waals surface area (Å²) in [5, 5.41) is 8.43. The van der Waals surface area contributed by atoms with Gasteiger partial charge in [-0.2, -0.15) is 0 Å². The van der Waals surface area contributed by atoms with Crippen LogP contribution in [0.4, 0.5) is 0 Å². The van der Waals surface area contributed by atoms with Crippen molar-refractivity contribution < 1.29 is 10.0 Å². The molecule has 0 spiro atoms. The summed E-state index contributed by atoms with van der Waals surface area (Å²) in [7, 11) is 0. The Balaban J connectivity index is 2.29. The van der Waals surface area contributed by atoms with Crippen molar-refractivity contribution >= 4 is 5.91 Å². The minimum atomic E-state index is -0.521. The zero-order valence-electron chi connectivity index (χ0n) is 7.79. The number of nitrogens with one attached hydrogen (secondary N) is 1. The number of nitrogens with zero attached hydrogens (tertiary/aromatic N) is 2. The number of hydroxylamine groups is 1. The molecule has 1 heterocycles. The molecule has 0 aliphatic carbocycles. The van der Waals surface area contributed by atoms with Crippen LogP contribution in [-0.2, 0) is 0 Å². The second-order valence-corrected chi connectivity index (χ2v) is 2.96. The van der Waals surface area contributed by atoms with Crippen LogP contribution in [0.15, 0.2) is 43.0 Å². The van der Waals surface area contributed by atoms with Crippen molar-refractivity contribution in [3.8, 4) is 5.69 Å². The van der Waals surface area contributed by atoms with E-state index in [4.69, 9.17) is 5.21 Å². The minimum Gasteiger partial charge on any atom is -0.306 e. The largest absolute Gasteiger partial charge is 0.306 e. The zero-order valence-corrected chi connectivity index (χ0v) is 7.79. The van der Waals surface area contributed by atoms with Gasteiger partial charge in [-0.25, -0.2) is 10.5 Å². The van der Waals surface area contributed by atoms with Gasteiger partial charge in [0.15, 0.2) is 0 Å². The number of amides is 1. The number of imidazole rings is 1. The smallest absolute Gasteiger partial charge is 0.274 e. The number of aromatic nitrogens is 2. The van der Waals surface area contributed by atoms with Crippen LogP contribution in [0.2, 0.25) is 0 Å². The van der Waals surface area contributed by atoms with Crippen molar-refractivity contribution in [2.24, 2.45) is 0 Å². The fourth-order valence-corrected chi connectivity index (χ4v) is 1.26. The molecule has 5 heteroatoms. The summed E-state index contributed by atoms with van der Waals surface area (Å²) in [4.78, 5) is 14.9. The molecule has 1 aromatic carbocycles. The predicted molar refractivity (Wildman–Crippen MR) is 52.8 cm³/mol. The van der Waals surface area contributed by atoms with E-state index in [2.05, 4.69) is 4.98 Å². The average Bonchev–Trinajstić information content (AvgIpc) is 2.82. The lowest BCUT2D eigenvalue weighted by atomic mass is 10.2. The molecule has 0 saturated heterocycles. The Labute approximate surface area is 86.0 Å². The first-order valence-corrected chi connectivity index (χ1v) is 4.34. The normalized spacial score (nSPS) is 9.93.